The predicted octanol–water partition coefficient (Wildman–Crippen LogP) is 5.95. The standard InChI is InChI=1S/C48H57N13O3S6/c49-25-34(26-50)40-19-37(68-16-13-65)22-46(43(40)31-55)58-1-7-62-10-4-61(5-11-63-8-2-59-47-23-38(69-17-14-66)20-41(44(47)32-56)35(27-51)28-52)6-12-64-9-3-60-48-24-39(70-18-15-67)21-42(45(48)33-57)36(29-53)30-54/h37-39,58-60,65-67H,1-24H2. The van der Waals surface area contributed by atoms with Crippen LogP contribution >= 0.6 is 73.2 Å². The van der Waals surface area contributed by atoms with Crippen molar-refractivity contribution in [2.45, 2.75) is 54.3 Å². The van der Waals surface area contributed by atoms with Gasteiger partial charge in [-0.15, -0.1) is 0 Å². The van der Waals surface area contributed by atoms with Crippen LogP contribution in [0.3, 0.4) is 0 Å². The van der Waals surface area contributed by atoms with E-state index in [1.54, 1.807) is 35.3 Å². The molecule has 0 aliphatic heterocycles. The van der Waals surface area contributed by atoms with Gasteiger partial charge < -0.3 is 30.2 Å². The fraction of sp³-hybridized carbons (Fsp3) is 0.562. The lowest BCUT2D eigenvalue weighted by atomic mass is 9.88. The van der Waals surface area contributed by atoms with Crippen molar-refractivity contribution in [3.63, 3.8) is 0 Å². The Balaban J connectivity index is 1.63. The Hall–Kier alpha value is -4.81. The van der Waals surface area contributed by atoms with Crippen LogP contribution in [0.5, 0.6) is 0 Å². The Labute approximate surface area is 442 Å². The molecule has 0 amide bonds. The van der Waals surface area contributed by atoms with Crippen molar-refractivity contribution < 1.29 is 14.2 Å². The summed E-state index contributed by atoms with van der Waals surface area (Å²) < 4.78 is 18.1. The van der Waals surface area contributed by atoms with E-state index < -0.39 is 0 Å². The quantitative estimate of drug-likeness (QED) is 0.0275. The average Bonchev–Trinajstić information content (AvgIpc) is 3.38. The van der Waals surface area contributed by atoms with Gasteiger partial charge in [0.2, 0.25) is 0 Å². The van der Waals surface area contributed by atoms with Gasteiger partial charge >= 0.3 is 0 Å². The lowest BCUT2D eigenvalue weighted by Gasteiger charge is -2.27. The van der Waals surface area contributed by atoms with E-state index >= 15 is 0 Å². The van der Waals surface area contributed by atoms with E-state index in [0.29, 0.717) is 185 Å². The first-order chi connectivity index (χ1) is 34.2. The number of hydrogen-bond acceptors (Lipinski definition) is 22. The first-order valence-electron chi connectivity index (χ1n) is 22.6. The zero-order chi connectivity index (χ0) is 50.9. The zero-order valence-corrected chi connectivity index (χ0v) is 44.1. The fourth-order valence-corrected chi connectivity index (χ4v) is 11.8. The second-order valence-electron chi connectivity index (χ2n) is 15.5. The summed E-state index contributed by atoms with van der Waals surface area (Å²) >= 11 is 18.1. The van der Waals surface area contributed by atoms with Crippen LogP contribution in [0.1, 0.15) is 38.5 Å². The van der Waals surface area contributed by atoms with Crippen LogP contribution < -0.4 is 16.0 Å². The molecular formula is C48H57N13O3S6. The van der Waals surface area contributed by atoms with Crippen molar-refractivity contribution in [3.8, 4) is 54.6 Å². The maximum Gasteiger partial charge on any atom is 0.134 e. The maximum absolute atomic E-state index is 10.0. The lowest BCUT2D eigenvalue weighted by Crippen LogP contribution is -2.35. The van der Waals surface area contributed by atoms with Crippen molar-refractivity contribution in [3.05, 3.63) is 67.2 Å². The summed E-state index contributed by atoms with van der Waals surface area (Å²) in [5.74, 6) is 4.44. The molecule has 0 aromatic heterocycles. The molecule has 3 atom stereocenters. The smallest absolute Gasteiger partial charge is 0.134 e. The summed E-state index contributed by atoms with van der Waals surface area (Å²) in [5, 5.41) is 98.0. The van der Waals surface area contributed by atoms with Gasteiger partial charge in [0, 0.05) is 125 Å². The molecule has 3 N–H and O–H groups in total. The number of hydrogen-bond donors (Lipinski definition) is 6. The van der Waals surface area contributed by atoms with E-state index in [1.165, 1.54) is 0 Å². The van der Waals surface area contributed by atoms with E-state index in [4.69, 9.17) is 14.2 Å². The van der Waals surface area contributed by atoms with E-state index in [9.17, 15) is 47.4 Å². The van der Waals surface area contributed by atoms with Crippen molar-refractivity contribution in [1.29, 1.82) is 47.4 Å². The molecule has 0 aromatic carbocycles. The summed E-state index contributed by atoms with van der Waals surface area (Å²) in [6, 6.07) is 18.3. The monoisotopic (exact) mass is 1060 g/mol. The average molecular weight is 1060 g/mol. The molecule has 22 heteroatoms. The first-order valence-corrected chi connectivity index (χ1v) is 27.6. The Kier molecular flexibility index (Phi) is 30.0. The fourth-order valence-electron chi connectivity index (χ4n) is 7.85. The van der Waals surface area contributed by atoms with Crippen molar-refractivity contribution in [1.82, 2.24) is 20.9 Å². The SMILES string of the molecule is N#CC(C#N)=C1CC(SCCS)CC(NCCOCCN(CCOCCNC2=C(C#N)C(=C(C#N)C#N)CC(SCCS)C2)CCOCCNC2=C(C#N)C(=C(C#N)C#N)CC(SCCS)C2)=C1C#N. The number of rotatable bonds is 30. The molecule has 0 fully saturated rings. The van der Waals surface area contributed by atoms with Gasteiger partial charge in [-0.1, -0.05) is 0 Å². The largest absolute Gasteiger partial charge is 0.385 e. The van der Waals surface area contributed by atoms with E-state index in [1.807, 2.05) is 36.4 Å². The minimum atomic E-state index is -0.0506. The number of thiol groups is 3. The van der Waals surface area contributed by atoms with E-state index in [2.05, 4.69) is 76.9 Å². The number of ether oxygens (including phenoxy) is 3. The zero-order valence-electron chi connectivity index (χ0n) is 39.0. The van der Waals surface area contributed by atoms with Crippen LogP contribution in [-0.2, 0) is 14.2 Å². The highest BCUT2D eigenvalue weighted by Crippen LogP contribution is 2.39. The summed E-state index contributed by atoms with van der Waals surface area (Å²) in [4.78, 5) is 2.16. The Morgan fingerprint density at radius 1 is 0.443 bits per heavy atom. The summed E-state index contributed by atoms with van der Waals surface area (Å²) in [6.45, 7) is 5.04. The molecule has 0 saturated heterocycles. The predicted molar refractivity (Wildman–Crippen MR) is 284 cm³/mol. The molecule has 0 heterocycles. The maximum atomic E-state index is 10.0. The minimum absolute atomic E-state index is 0.0506. The molecule has 0 bridgehead atoms. The third kappa shape index (κ3) is 19.4. The molecule has 0 saturated carbocycles. The number of allylic oxidation sites excluding steroid dienone is 12. The van der Waals surface area contributed by atoms with Gasteiger partial charge in [0.05, 0.1) is 56.4 Å². The molecule has 368 valence electrons. The number of nitrogens with zero attached hydrogens (tertiary/aromatic N) is 10. The summed E-state index contributed by atoms with van der Waals surface area (Å²) in [7, 11) is 0. The minimum Gasteiger partial charge on any atom is -0.385 e. The molecule has 3 unspecified atom stereocenters. The second kappa shape index (κ2) is 35.3. The molecule has 3 rings (SSSR count). The second-order valence-corrected chi connectivity index (χ2v) is 21.0. The molecular weight excluding hydrogens is 999 g/mol. The summed E-state index contributed by atoms with van der Waals surface area (Å²) in [6.07, 6.45) is 3.16. The van der Waals surface area contributed by atoms with Crippen LogP contribution in [0, 0.1) is 102 Å². The molecule has 0 aromatic rings. The van der Waals surface area contributed by atoms with Gasteiger partial charge in [-0.25, -0.2) is 0 Å². The third-order valence-corrected chi connectivity index (χ3v) is 16.4. The van der Waals surface area contributed by atoms with Gasteiger partial charge in [-0.2, -0.15) is 121 Å². The van der Waals surface area contributed by atoms with E-state index in [-0.39, 0.29) is 32.5 Å². The van der Waals surface area contributed by atoms with Crippen molar-refractivity contribution in [2.75, 3.05) is 113 Å². The highest BCUT2D eigenvalue weighted by molar-refractivity contribution is 8.01. The topological polar surface area (TPSA) is 281 Å². The number of nitrogens with one attached hydrogen (secondary N) is 3. The number of thioether (sulfide) groups is 3. The van der Waals surface area contributed by atoms with E-state index in [0.717, 1.165) is 17.3 Å². The Morgan fingerprint density at radius 3 is 0.943 bits per heavy atom. The summed E-state index contributed by atoms with van der Waals surface area (Å²) in [5.41, 5.74) is 4.32. The van der Waals surface area contributed by atoms with Crippen LogP contribution in [-0.4, -0.2) is 134 Å². The van der Waals surface area contributed by atoms with Crippen LogP contribution in [0.4, 0.5) is 0 Å². The molecule has 70 heavy (non-hydrogen) atoms. The Bertz CT molecular complexity index is 2080. The highest BCUT2D eigenvalue weighted by Gasteiger charge is 2.30. The van der Waals surface area contributed by atoms with Crippen LogP contribution in [0.15, 0.2) is 67.2 Å². The van der Waals surface area contributed by atoms with Crippen molar-refractivity contribution in [2.24, 2.45) is 0 Å². The first kappa shape index (κ1) is 59.5. The molecule has 0 spiro atoms. The molecule has 16 nitrogen and oxygen atoms in total. The highest BCUT2D eigenvalue weighted by atomic mass is 32.2. The van der Waals surface area contributed by atoms with Gasteiger partial charge in [0.1, 0.15) is 71.3 Å². The lowest BCUT2D eigenvalue weighted by molar-refractivity contribution is 0.0550. The Morgan fingerprint density at radius 2 is 0.714 bits per heavy atom. The molecule has 0 radical (unpaired) electrons. The van der Waals surface area contributed by atoms with Gasteiger partial charge in [0.25, 0.3) is 0 Å². The van der Waals surface area contributed by atoms with Crippen molar-refractivity contribution >= 4 is 73.2 Å². The van der Waals surface area contributed by atoms with Crippen LogP contribution in [0.2, 0.25) is 0 Å². The van der Waals surface area contributed by atoms with Gasteiger partial charge in [-0.3, -0.25) is 4.90 Å². The van der Waals surface area contributed by atoms with Crippen LogP contribution in [0.25, 0.3) is 0 Å². The molecule has 3 aliphatic carbocycles. The van der Waals surface area contributed by atoms with Gasteiger partial charge in [0.15, 0.2) is 0 Å². The number of nitriles is 9. The normalized spacial score (nSPS) is 17.7. The molecule has 3 aliphatic rings. The van der Waals surface area contributed by atoms with Gasteiger partial charge in [-0.05, 0) is 36.5 Å². The third-order valence-electron chi connectivity index (χ3n) is 11.1.